The van der Waals surface area contributed by atoms with Gasteiger partial charge in [-0.2, -0.15) is 0 Å². The van der Waals surface area contributed by atoms with Crippen molar-refractivity contribution >= 4 is 51.6 Å². The minimum atomic E-state index is -1.16. The Labute approximate surface area is 186 Å². The van der Waals surface area contributed by atoms with Crippen molar-refractivity contribution in [3.05, 3.63) is 28.9 Å². The zero-order valence-electron chi connectivity index (χ0n) is 15.1. The second-order valence-corrected chi connectivity index (χ2v) is 8.14. The van der Waals surface area contributed by atoms with Gasteiger partial charge in [-0.15, -0.1) is 23.1 Å². The Morgan fingerprint density at radius 3 is 2.81 bits per heavy atom. The number of aliphatic carboxylic acids is 1. The Morgan fingerprint density at radius 2 is 2.26 bits per heavy atom. The maximum atomic E-state index is 12.7. The Balaban J connectivity index is 0.00000261. The maximum absolute atomic E-state index is 12.7. The fourth-order valence-electron chi connectivity index (χ4n) is 2.71. The number of hydrogen-bond acceptors (Lipinski definition) is 8. The van der Waals surface area contributed by atoms with Crippen molar-refractivity contribution in [2.24, 2.45) is 10.9 Å². The molecule has 1 saturated heterocycles. The van der Waals surface area contributed by atoms with Crippen molar-refractivity contribution in [3.8, 4) is 0 Å². The summed E-state index contributed by atoms with van der Waals surface area (Å²) >= 11 is 2.60. The molecule has 0 aliphatic carbocycles. The molecule has 8 nitrogen and oxygen atoms in total. The number of carbonyl (C=O) groups excluding carboxylic acids is 1. The number of rotatable bonds is 5. The first-order chi connectivity index (χ1) is 12.3. The van der Waals surface area contributed by atoms with Gasteiger partial charge in [0.2, 0.25) is 0 Å². The van der Waals surface area contributed by atoms with Crippen LogP contribution in [0.4, 0.5) is 5.13 Å². The van der Waals surface area contributed by atoms with Gasteiger partial charge < -0.3 is 15.9 Å². The number of β-lactam (4-membered cyclic amide) rings is 1. The summed E-state index contributed by atoms with van der Waals surface area (Å²) in [5.41, 5.74) is 6.33. The van der Waals surface area contributed by atoms with Crippen LogP contribution in [0.25, 0.3) is 5.57 Å². The van der Waals surface area contributed by atoms with Gasteiger partial charge in [0, 0.05) is 16.7 Å². The van der Waals surface area contributed by atoms with Gasteiger partial charge in [-0.1, -0.05) is 19.9 Å². The summed E-state index contributed by atoms with van der Waals surface area (Å²) < 4.78 is 0. The van der Waals surface area contributed by atoms with Crippen LogP contribution in [-0.2, 0) is 9.59 Å². The molecular weight excluding hydrogens is 399 g/mol. The summed E-state index contributed by atoms with van der Waals surface area (Å²) in [6.45, 7) is 3.83. The second kappa shape index (κ2) is 8.78. The third kappa shape index (κ3) is 4.40. The summed E-state index contributed by atoms with van der Waals surface area (Å²) in [7, 11) is 0. The van der Waals surface area contributed by atoms with Gasteiger partial charge in [0.25, 0.3) is 5.91 Å². The molecule has 3 heterocycles. The van der Waals surface area contributed by atoms with E-state index in [1.54, 1.807) is 11.5 Å². The molecule has 138 valence electrons. The minimum absolute atomic E-state index is 0. The summed E-state index contributed by atoms with van der Waals surface area (Å²) in [5.74, 6) is -1.66. The summed E-state index contributed by atoms with van der Waals surface area (Å²) in [6, 6.07) is -0.887. The normalized spacial score (nSPS) is 22.7. The number of thioether (sulfide) groups is 1. The topological polar surface area (TPSA) is 132 Å². The number of amides is 1. The first-order valence-electron chi connectivity index (χ1n) is 7.86. The zero-order chi connectivity index (χ0) is 19.0. The number of aliphatic imine (C=N–C) groups is 1. The van der Waals surface area contributed by atoms with Crippen molar-refractivity contribution in [3.63, 3.8) is 0 Å². The molecule has 0 saturated carbocycles. The number of nitrogens with two attached hydrogens (primary N) is 1. The predicted molar refractivity (Wildman–Crippen MR) is 99.4 cm³/mol. The van der Waals surface area contributed by atoms with Gasteiger partial charge >= 0.3 is 35.5 Å². The largest absolute Gasteiger partial charge is 1.00 e. The number of fused-ring (bicyclic) bond motifs is 1. The van der Waals surface area contributed by atoms with E-state index in [4.69, 9.17) is 5.73 Å². The summed E-state index contributed by atoms with van der Waals surface area (Å²) in [6.07, 6.45) is 3.22. The van der Waals surface area contributed by atoms with Crippen LogP contribution in [0.5, 0.6) is 0 Å². The standard InChI is InChI=1S/C16H18N4O4S2.Na/c1-7(2)5-8(9-6-26-16(17)18-9)12(21)19-11-13(22)20-10(15(23)24)3-4-25-14(11)20;/h3,5-7,11,14H,4H2,1-2H3,(H2,17,18)(H,19,21)(H,23,24);/q;+1/p-1/b8-5-;/t11-,14-;/m1./s1. The van der Waals surface area contributed by atoms with E-state index in [9.17, 15) is 19.8 Å². The smallest absolute Gasteiger partial charge is 0.858 e. The Morgan fingerprint density at radius 1 is 1.56 bits per heavy atom. The Kier molecular flexibility index (Phi) is 7.14. The van der Waals surface area contributed by atoms with Crippen molar-refractivity contribution in [2.45, 2.75) is 25.3 Å². The third-order valence-corrected chi connectivity index (χ3v) is 5.67. The molecule has 27 heavy (non-hydrogen) atoms. The average Bonchev–Trinajstić information content (AvgIpc) is 3.02. The predicted octanol–water partition coefficient (Wildman–Crippen LogP) is -2.22. The number of aromatic nitrogens is 1. The summed E-state index contributed by atoms with van der Waals surface area (Å²) in [5, 5.41) is 23.4. The number of hydrogen-bond donors (Lipinski definition) is 2. The molecule has 2 aliphatic rings. The van der Waals surface area contributed by atoms with Crippen LogP contribution in [0.15, 0.2) is 28.2 Å². The van der Waals surface area contributed by atoms with Crippen molar-refractivity contribution in [1.82, 2.24) is 9.88 Å². The molecule has 1 aromatic heterocycles. The quantitative estimate of drug-likeness (QED) is 0.240. The van der Waals surface area contributed by atoms with Crippen LogP contribution in [0.2, 0.25) is 0 Å². The van der Waals surface area contributed by atoms with Gasteiger partial charge in [0.05, 0.1) is 5.69 Å². The average molecular weight is 416 g/mol. The molecule has 1 amide bonds. The number of nitrogen functional groups attached to an aromatic ring is 1. The van der Waals surface area contributed by atoms with Gasteiger partial charge in [-0.3, -0.25) is 14.7 Å². The van der Waals surface area contributed by atoms with E-state index in [2.05, 4.69) is 9.98 Å². The van der Waals surface area contributed by atoms with E-state index in [-0.39, 0.29) is 41.2 Å². The number of thiazole rings is 1. The van der Waals surface area contributed by atoms with Gasteiger partial charge in [0.15, 0.2) is 11.2 Å². The molecule has 0 unspecified atom stereocenters. The fourth-order valence-corrected chi connectivity index (χ4v) is 4.45. The van der Waals surface area contributed by atoms with Crippen LogP contribution in [0.1, 0.15) is 19.5 Å². The molecule has 2 atom stereocenters. The van der Waals surface area contributed by atoms with Gasteiger partial charge in [0.1, 0.15) is 11.1 Å². The monoisotopic (exact) mass is 416 g/mol. The molecule has 0 radical (unpaired) electrons. The molecular formula is C16H17N4NaO4S2. The number of nitrogens with zero attached hydrogens (tertiary/aromatic N) is 3. The number of carboxylic acids is 1. The number of allylic oxidation sites excluding steroid dienone is 1. The van der Waals surface area contributed by atoms with Crippen molar-refractivity contribution in [1.29, 1.82) is 0 Å². The number of carbonyl (C=O) groups is 2. The van der Waals surface area contributed by atoms with Crippen LogP contribution < -0.4 is 40.4 Å². The van der Waals surface area contributed by atoms with E-state index < -0.39 is 29.2 Å². The maximum Gasteiger partial charge on any atom is 1.00 e. The molecule has 0 aromatic carbocycles. The van der Waals surface area contributed by atoms with Crippen LogP contribution in [0, 0.1) is 5.92 Å². The Bertz CT molecular complexity index is 849. The second-order valence-electron chi connectivity index (χ2n) is 6.10. The molecule has 3 rings (SSSR count). The van der Waals surface area contributed by atoms with E-state index in [0.29, 0.717) is 22.2 Å². The van der Waals surface area contributed by atoms with Crippen molar-refractivity contribution in [2.75, 3.05) is 11.5 Å². The fraction of sp³-hybridized carbons (Fsp3) is 0.375. The van der Waals surface area contributed by atoms with Crippen LogP contribution >= 0.6 is 23.1 Å². The Hall–Kier alpha value is -1.33. The third-order valence-electron chi connectivity index (χ3n) is 3.82. The molecule has 1 fully saturated rings. The zero-order valence-corrected chi connectivity index (χ0v) is 18.7. The number of carboxylic acid groups (broad SMARTS) is 1. The van der Waals surface area contributed by atoms with Gasteiger partial charge in [-0.25, -0.2) is 9.78 Å². The first-order valence-corrected chi connectivity index (χ1v) is 9.79. The van der Waals surface area contributed by atoms with Gasteiger partial charge in [-0.05, 0) is 17.9 Å². The summed E-state index contributed by atoms with van der Waals surface area (Å²) in [4.78, 5) is 33.0. The molecule has 1 aromatic rings. The molecule has 0 bridgehead atoms. The molecule has 2 aliphatic heterocycles. The van der Waals surface area contributed by atoms with E-state index in [0.717, 1.165) is 0 Å². The van der Waals surface area contributed by atoms with Crippen molar-refractivity contribution < 1.29 is 49.4 Å². The first kappa shape index (κ1) is 22.0. The number of anilines is 1. The SMILES string of the molecule is CC(C)/C=C(\C([O-])=N[C@@H]1C(=O)N2C(C(=O)O)=CCS[C@H]12)c1csc(N)n1.[Na+]. The van der Waals surface area contributed by atoms with Crippen LogP contribution in [0.3, 0.4) is 0 Å². The molecule has 3 N–H and O–H groups in total. The minimum Gasteiger partial charge on any atom is -0.858 e. The van der Waals surface area contributed by atoms with Crippen LogP contribution in [-0.4, -0.2) is 49.9 Å². The van der Waals surface area contributed by atoms with E-state index >= 15 is 0 Å². The van der Waals surface area contributed by atoms with E-state index in [1.807, 2.05) is 13.8 Å². The van der Waals surface area contributed by atoms with E-state index in [1.165, 1.54) is 34.1 Å². The molecule has 11 heteroatoms. The molecule has 0 spiro atoms.